The van der Waals surface area contributed by atoms with Crippen molar-refractivity contribution in [1.29, 1.82) is 0 Å². The van der Waals surface area contributed by atoms with Gasteiger partial charge in [-0.25, -0.2) is 9.59 Å². The summed E-state index contributed by atoms with van der Waals surface area (Å²) in [6.45, 7) is 14.9. The standard InChI is InChI=1S/C34H44O4/c1-23(2)33(35)37-31-17-15-29(19-25(5)21-31)13-11-27-7-9-28(10-8-27)12-14-30-16-18-32(22-26(6)20-30)38-34(36)24(3)4/h15-22,25-28H,1,3,7-14H2,2,4-6H3. The molecule has 3 aliphatic carbocycles. The Bertz CT molecular complexity index is 1010. The van der Waals surface area contributed by atoms with Crippen molar-refractivity contribution in [3.63, 3.8) is 0 Å². The average Bonchev–Trinajstić information content (AvgIpc) is 3.15. The zero-order valence-corrected chi connectivity index (χ0v) is 23.6. The van der Waals surface area contributed by atoms with Gasteiger partial charge in [0.2, 0.25) is 0 Å². The number of rotatable bonds is 10. The highest BCUT2D eigenvalue weighted by Crippen LogP contribution is 2.36. The molecular formula is C34H44O4. The molecule has 0 radical (unpaired) electrons. The molecule has 0 amide bonds. The molecule has 0 bridgehead atoms. The third-order valence-electron chi connectivity index (χ3n) is 7.50. The van der Waals surface area contributed by atoms with E-state index in [0.29, 0.717) is 22.7 Å². The van der Waals surface area contributed by atoms with Crippen molar-refractivity contribution < 1.29 is 19.1 Å². The summed E-state index contributed by atoms with van der Waals surface area (Å²) < 4.78 is 10.9. The minimum Gasteiger partial charge on any atom is -0.424 e. The lowest BCUT2D eigenvalue weighted by Gasteiger charge is -2.29. The highest BCUT2D eigenvalue weighted by molar-refractivity contribution is 5.88. The van der Waals surface area contributed by atoms with Gasteiger partial charge in [-0.1, -0.05) is 88.1 Å². The van der Waals surface area contributed by atoms with Gasteiger partial charge in [0, 0.05) is 11.1 Å². The zero-order valence-electron chi connectivity index (χ0n) is 23.6. The first kappa shape index (κ1) is 29.4. The fraction of sp³-hybridized carbons (Fsp3) is 0.471. The van der Waals surface area contributed by atoms with Crippen LogP contribution in [0.1, 0.15) is 79.1 Å². The van der Waals surface area contributed by atoms with Crippen molar-refractivity contribution in [2.24, 2.45) is 23.7 Å². The molecule has 0 aromatic carbocycles. The Kier molecular flexibility index (Phi) is 10.9. The van der Waals surface area contributed by atoms with Crippen LogP contribution >= 0.6 is 0 Å². The lowest BCUT2D eigenvalue weighted by atomic mass is 9.77. The van der Waals surface area contributed by atoms with Crippen LogP contribution in [0.15, 0.2) is 95.6 Å². The minimum absolute atomic E-state index is 0.225. The Hall–Kier alpha value is -3.14. The molecule has 0 saturated heterocycles. The normalized spacial score (nSPS) is 25.2. The van der Waals surface area contributed by atoms with Crippen LogP contribution in [0, 0.1) is 23.7 Å². The first-order valence-corrected chi connectivity index (χ1v) is 14.1. The first-order chi connectivity index (χ1) is 18.1. The molecule has 3 rings (SSSR count). The number of carbonyl (C=O) groups excluding carboxylic acids is 2. The molecule has 2 unspecified atom stereocenters. The Morgan fingerprint density at radius 1 is 0.684 bits per heavy atom. The molecule has 0 aromatic rings. The topological polar surface area (TPSA) is 52.6 Å². The summed E-state index contributed by atoms with van der Waals surface area (Å²) in [4.78, 5) is 23.7. The van der Waals surface area contributed by atoms with E-state index in [4.69, 9.17) is 9.47 Å². The summed E-state index contributed by atoms with van der Waals surface area (Å²) in [6, 6.07) is 0. The largest absolute Gasteiger partial charge is 0.424 e. The van der Waals surface area contributed by atoms with E-state index in [9.17, 15) is 9.59 Å². The van der Waals surface area contributed by atoms with Crippen molar-refractivity contribution in [3.8, 4) is 0 Å². The van der Waals surface area contributed by atoms with E-state index in [1.807, 2.05) is 24.3 Å². The fourth-order valence-electron chi connectivity index (χ4n) is 5.30. The molecule has 204 valence electrons. The fourth-order valence-corrected chi connectivity index (χ4v) is 5.30. The number of allylic oxidation sites excluding steroid dienone is 10. The van der Waals surface area contributed by atoms with Gasteiger partial charge in [-0.05, 0) is 87.5 Å². The monoisotopic (exact) mass is 516 g/mol. The molecular weight excluding hydrogens is 472 g/mol. The van der Waals surface area contributed by atoms with Crippen LogP contribution in [0.25, 0.3) is 0 Å². The maximum absolute atomic E-state index is 11.9. The van der Waals surface area contributed by atoms with Crippen LogP contribution in [0.3, 0.4) is 0 Å². The lowest BCUT2D eigenvalue weighted by Crippen LogP contribution is -2.15. The van der Waals surface area contributed by atoms with E-state index in [1.54, 1.807) is 13.8 Å². The van der Waals surface area contributed by atoms with Crippen molar-refractivity contribution in [1.82, 2.24) is 0 Å². The Morgan fingerprint density at radius 3 is 1.39 bits per heavy atom. The Labute approximate surface area is 229 Å². The van der Waals surface area contributed by atoms with Gasteiger partial charge >= 0.3 is 11.9 Å². The van der Waals surface area contributed by atoms with E-state index in [2.05, 4.69) is 51.3 Å². The van der Waals surface area contributed by atoms with Crippen LogP contribution in [-0.4, -0.2) is 11.9 Å². The van der Waals surface area contributed by atoms with Crippen molar-refractivity contribution >= 4 is 11.9 Å². The SMILES string of the molecule is C=C(C)C(=O)OC1=CC(C)C=C(CCC2CCC(CCC3=CC(C)C=C(OC(=O)C(=C)C)C=C3)CC2)C=C1. The zero-order chi connectivity index (χ0) is 27.7. The number of esters is 2. The van der Waals surface area contributed by atoms with Crippen LogP contribution in [0.2, 0.25) is 0 Å². The molecule has 0 spiro atoms. The number of carbonyl (C=O) groups is 2. The molecule has 0 heterocycles. The molecule has 1 saturated carbocycles. The summed E-state index contributed by atoms with van der Waals surface area (Å²) in [6.07, 6.45) is 26.3. The summed E-state index contributed by atoms with van der Waals surface area (Å²) in [7, 11) is 0. The van der Waals surface area contributed by atoms with Gasteiger partial charge in [-0.15, -0.1) is 0 Å². The second-order valence-electron chi connectivity index (χ2n) is 11.3. The van der Waals surface area contributed by atoms with Crippen molar-refractivity contribution in [3.05, 3.63) is 95.6 Å². The van der Waals surface area contributed by atoms with Gasteiger partial charge in [0.25, 0.3) is 0 Å². The maximum atomic E-state index is 11.9. The molecule has 4 nitrogen and oxygen atoms in total. The van der Waals surface area contributed by atoms with Crippen LogP contribution in [0.4, 0.5) is 0 Å². The summed E-state index contributed by atoms with van der Waals surface area (Å²) in [5.41, 5.74) is 3.45. The van der Waals surface area contributed by atoms with E-state index < -0.39 is 0 Å². The maximum Gasteiger partial charge on any atom is 0.338 e. The highest BCUT2D eigenvalue weighted by Gasteiger charge is 2.22. The third-order valence-corrected chi connectivity index (χ3v) is 7.50. The molecule has 4 heteroatoms. The van der Waals surface area contributed by atoms with E-state index >= 15 is 0 Å². The minimum atomic E-state index is -0.375. The smallest absolute Gasteiger partial charge is 0.338 e. The van der Waals surface area contributed by atoms with Gasteiger partial charge in [-0.2, -0.15) is 0 Å². The molecule has 3 aliphatic rings. The Balaban J connectivity index is 1.40. The van der Waals surface area contributed by atoms with Crippen molar-refractivity contribution in [2.75, 3.05) is 0 Å². The molecule has 0 aliphatic heterocycles. The number of hydrogen-bond donors (Lipinski definition) is 0. The van der Waals surface area contributed by atoms with Crippen LogP contribution in [0.5, 0.6) is 0 Å². The van der Waals surface area contributed by atoms with Gasteiger partial charge in [0.1, 0.15) is 11.5 Å². The van der Waals surface area contributed by atoms with E-state index in [0.717, 1.165) is 24.7 Å². The molecule has 1 fully saturated rings. The Morgan fingerprint density at radius 2 is 1.05 bits per heavy atom. The quantitative estimate of drug-likeness (QED) is 0.215. The van der Waals surface area contributed by atoms with Gasteiger partial charge < -0.3 is 9.47 Å². The third kappa shape index (κ3) is 9.63. The van der Waals surface area contributed by atoms with E-state index in [1.165, 1.54) is 49.7 Å². The second kappa shape index (κ2) is 14.1. The van der Waals surface area contributed by atoms with Crippen molar-refractivity contribution in [2.45, 2.75) is 79.1 Å². The van der Waals surface area contributed by atoms with Crippen LogP contribution in [-0.2, 0) is 19.1 Å². The van der Waals surface area contributed by atoms with Gasteiger partial charge in [0.05, 0.1) is 0 Å². The summed E-state index contributed by atoms with van der Waals surface area (Å²) >= 11 is 0. The number of hydrogen-bond acceptors (Lipinski definition) is 4. The summed E-state index contributed by atoms with van der Waals surface area (Å²) in [5.74, 6) is 2.46. The molecule has 0 N–H and O–H groups in total. The average molecular weight is 517 g/mol. The lowest BCUT2D eigenvalue weighted by molar-refractivity contribution is -0.135. The predicted molar refractivity (Wildman–Crippen MR) is 155 cm³/mol. The summed E-state index contributed by atoms with van der Waals surface area (Å²) in [5, 5.41) is 0. The van der Waals surface area contributed by atoms with Gasteiger partial charge in [-0.3, -0.25) is 0 Å². The second-order valence-corrected chi connectivity index (χ2v) is 11.3. The molecule has 2 atom stereocenters. The van der Waals surface area contributed by atoms with Gasteiger partial charge in [0.15, 0.2) is 0 Å². The number of ether oxygens (including phenoxy) is 2. The first-order valence-electron chi connectivity index (χ1n) is 14.1. The molecule has 38 heavy (non-hydrogen) atoms. The predicted octanol–water partition coefficient (Wildman–Crippen LogP) is 8.62. The van der Waals surface area contributed by atoms with Crippen LogP contribution < -0.4 is 0 Å². The van der Waals surface area contributed by atoms with E-state index in [-0.39, 0.29) is 23.8 Å². The highest BCUT2D eigenvalue weighted by atomic mass is 16.5. The molecule has 0 aromatic heterocycles.